The summed E-state index contributed by atoms with van der Waals surface area (Å²) in [4.78, 5) is 12.3. The van der Waals surface area contributed by atoms with E-state index in [1.807, 2.05) is 23.8 Å². The van der Waals surface area contributed by atoms with Gasteiger partial charge in [0, 0.05) is 6.07 Å². The lowest BCUT2D eigenvalue weighted by Gasteiger charge is -2.15. The Labute approximate surface area is 133 Å². The molecule has 3 heterocycles. The van der Waals surface area contributed by atoms with Crippen LogP contribution in [-0.4, -0.2) is 35.6 Å². The third-order valence-electron chi connectivity index (χ3n) is 3.91. The number of nitrogens with one attached hydrogen (secondary N) is 1. The summed E-state index contributed by atoms with van der Waals surface area (Å²) < 4.78 is 24.8. The Morgan fingerprint density at radius 3 is 2.95 bits per heavy atom. The van der Waals surface area contributed by atoms with Crippen molar-refractivity contribution in [1.82, 2.24) is 9.78 Å². The van der Waals surface area contributed by atoms with Crippen molar-refractivity contribution in [2.24, 2.45) is 0 Å². The zero-order chi connectivity index (χ0) is 15.7. The Kier molecular flexibility index (Phi) is 4.05. The van der Waals surface area contributed by atoms with Crippen LogP contribution >= 0.6 is 11.3 Å². The van der Waals surface area contributed by atoms with Gasteiger partial charge in [-0.05, 0) is 35.7 Å². The predicted molar refractivity (Wildman–Crippen MR) is 85.9 cm³/mol. The average Bonchev–Trinajstić information content (AvgIpc) is 3.18. The van der Waals surface area contributed by atoms with E-state index in [4.69, 9.17) is 0 Å². The lowest BCUT2D eigenvalue weighted by molar-refractivity contribution is -0.117. The van der Waals surface area contributed by atoms with Gasteiger partial charge in [0.2, 0.25) is 5.91 Å². The van der Waals surface area contributed by atoms with E-state index in [1.165, 1.54) is 0 Å². The molecule has 0 spiro atoms. The van der Waals surface area contributed by atoms with E-state index in [9.17, 15) is 13.2 Å². The molecule has 0 aliphatic carbocycles. The maximum atomic E-state index is 12.3. The van der Waals surface area contributed by atoms with E-state index >= 15 is 0 Å². The minimum Gasteiger partial charge on any atom is -0.310 e. The van der Waals surface area contributed by atoms with Crippen molar-refractivity contribution in [3.63, 3.8) is 0 Å². The fourth-order valence-corrected chi connectivity index (χ4v) is 5.03. The molecule has 2 aromatic rings. The van der Waals surface area contributed by atoms with Crippen molar-refractivity contribution in [3.8, 4) is 0 Å². The zero-order valence-electron chi connectivity index (χ0n) is 12.1. The molecule has 3 rings (SSSR count). The van der Waals surface area contributed by atoms with Crippen molar-refractivity contribution in [3.05, 3.63) is 34.7 Å². The Morgan fingerprint density at radius 1 is 1.50 bits per heavy atom. The van der Waals surface area contributed by atoms with Crippen LogP contribution in [0.1, 0.15) is 30.9 Å². The molecule has 0 bridgehead atoms. The van der Waals surface area contributed by atoms with E-state index in [1.54, 1.807) is 28.3 Å². The monoisotopic (exact) mass is 339 g/mol. The SMILES string of the molecule is C[C@@H](C(=O)Nc1ccnn1[C@@H]1CCS(=O)(=O)C1)c1ccsc1. The summed E-state index contributed by atoms with van der Waals surface area (Å²) >= 11 is 1.55. The molecule has 0 aromatic carbocycles. The first kappa shape index (κ1) is 15.2. The molecule has 8 heteroatoms. The highest BCUT2D eigenvalue weighted by Gasteiger charge is 2.31. The van der Waals surface area contributed by atoms with E-state index < -0.39 is 9.84 Å². The third kappa shape index (κ3) is 3.07. The highest BCUT2D eigenvalue weighted by Crippen LogP contribution is 2.27. The van der Waals surface area contributed by atoms with Crippen LogP contribution in [0.25, 0.3) is 0 Å². The molecule has 0 unspecified atom stereocenters. The number of nitrogens with zero attached hydrogens (tertiary/aromatic N) is 2. The first-order valence-electron chi connectivity index (χ1n) is 7.03. The van der Waals surface area contributed by atoms with Gasteiger partial charge in [-0.1, -0.05) is 0 Å². The molecule has 1 aliphatic rings. The van der Waals surface area contributed by atoms with Gasteiger partial charge in [-0.3, -0.25) is 4.79 Å². The van der Waals surface area contributed by atoms with Gasteiger partial charge >= 0.3 is 0 Å². The van der Waals surface area contributed by atoms with Crippen LogP contribution in [0.4, 0.5) is 5.82 Å². The van der Waals surface area contributed by atoms with Gasteiger partial charge in [-0.15, -0.1) is 0 Å². The number of hydrogen-bond donors (Lipinski definition) is 1. The number of sulfone groups is 1. The molecule has 1 saturated heterocycles. The second kappa shape index (κ2) is 5.85. The summed E-state index contributed by atoms with van der Waals surface area (Å²) in [5, 5.41) is 10.9. The van der Waals surface area contributed by atoms with Gasteiger partial charge in [-0.2, -0.15) is 16.4 Å². The number of aromatic nitrogens is 2. The molecule has 2 aromatic heterocycles. The van der Waals surface area contributed by atoms with Crippen molar-refractivity contribution in [2.75, 3.05) is 16.8 Å². The van der Waals surface area contributed by atoms with E-state index in [2.05, 4.69) is 10.4 Å². The first-order chi connectivity index (χ1) is 10.5. The van der Waals surface area contributed by atoms with Crippen LogP contribution in [0.2, 0.25) is 0 Å². The molecular weight excluding hydrogens is 322 g/mol. The van der Waals surface area contributed by atoms with Crippen LogP contribution in [0.15, 0.2) is 29.1 Å². The number of carbonyl (C=O) groups is 1. The Hall–Kier alpha value is -1.67. The zero-order valence-corrected chi connectivity index (χ0v) is 13.7. The normalized spacial score (nSPS) is 21.6. The molecule has 6 nitrogen and oxygen atoms in total. The Balaban J connectivity index is 1.74. The van der Waals surface area contributed by atoms with Crippen molar-refractivity contribution in [1.29, 1.82) is 0 Å². The standard InChI is InChI=1S/C14H17N3O3S2/c1-10(11-3-6-21-8-11)14(18)16-13-2-5-15-17(13)12-4-7-22(19,20)9-12/h2-3,5-6,8,10,12H,4,7,9H2,1H3,(H,16,18)/t10-,12-/m1/s1. The van der Waals surface area contributed by atoms with Crippen LogP contribution in [0.5, 0.6) is 0 Å². The largest absolute Gasteiger partial charge is 0.310 e. The van der Waals surface area contributed by atoms with E-state index in [-0.39, 0.29) is 29.4 Å². The van der Waals surface area contributed by atoms with E-state index in [0.29, 0.717) is 12.2 Å². The molecule has 1 amide bonds. The fourth-order valence-electron chi connectivity index (χ4n) is 2.58. The smallest absolute Gasteiger partial charge is 0.232 e. The molecule has 1 N–H and O–H groups in total. The highest BCUT2D eigenvalue weighted by atomic mass is 32.2. The minimum atomic E-state index is -2.99. The van der Waals surface area contributed by atoms with Gasteiger partial charge in [0.15, 0.2) is 9.84 Å². The number of hydrogen-bond acceptors (Lipinski definition) is 5. The van der Waals surface area contributed by atoms with Gasteiger partial charge in [0.05, 0.1) is 29.7 Å². The van der Waals surface area contributed by atoms with Crippen LogP contribution in [0.3, 0.4) is 0 Å². The van der Waals surface area contributed by atoms with Gasteiger partial charge in [0.25, 0.3) is 0 Å². The molecule has 0 saturated carbocycles. The van der Waals surface area contributed by atoms with E-state index in [0.717, 1.165) is 5.56 Å². The quantitative estimate of drug-likeness (QED) is 0.924. The molecule has 1 aliphatic heterocycles. The van der Waals surface area contributed by atoms with Crippen molar-refractivity contribution < 1.29 is 13.2 Å². The second-order valence-corrected chi connectivity index (χ2v) is 8.49. The summed E-state index contributed by atoms with van der Waals surface area (Å²) in [6.45, 7) is 1.85. The van der Waals surface area contributed by atoms with Crippen molar-refractivity contribution >= 4 is 32.9 Å². The number of amides is 1. The highest BCUT2D eigenvalue weighted by molar-refractivity contribution is 7.91. The third-order valence-corrected chi connectivity index (χ3v) is 6.36. The molecular formula is C14H17N3O3S2. The molecule has 1 fully saturated rings. The van der Waals surface area contributed by atoms with Crippen LogP contribution < -0.4 is 5.32 Å². The van der Waals surface area contributed by atoms with Gasteiger partial charge in [0.1, 0.15) is 5.82 Å². The van der Waals surface area contributed by atoms with Crippen LogP contribution in [0, 0.1) is 0 Å². The fraction of sp³-hybridized carbons (Fsp3) is 0.429. The average molecular weight is 339 g/mol. The maximum absolute atomic E-state index is 12.3. The molecule has 0 radical (unpaired) electrons. The minimum absolute atomic E-state index is 0.0810. The first-order valence-corrected chi connectivity index (χ1v) is 9.79. The molecule has 22 heavy (non-hydrogen) atoms. The second-order valence-electron chi connectivity index (χ2n) is 5.49. The Morgan fingerprint density at radius 2 is 2.32 bits per heavy atom. The van der Waals surface area contributed by atoms with Gasteiger partial charge in [-0.25, -0.2) is 13.1 Å². The number of rotatable bonds is 4. The topological polar surface area (TPSA) is 81.1 Å². The molecule has 118 valence electrons. The Bertz CT molecular complexity index is 765. The lowest BCUT2D eigenvalue weighted by Crippen LogP contribution is -2.22. The van der Waals surface area contributed by atoms with Crippen LogP contribution in [-0.2, 0) is 14.6 Å². The number of thiophene rings is 1. The van der Waals surface area contributed by atoms with Crippen molar-refractivity contribution in [2.45, 2.75) is 25.3 Å². The summed E-state index contributed by atoms with van der Waals surface area (Å²) in [6.07, 6.45) is 2.11. The van der Waals surface area contributed by atoms with Gasteiger partial charge < -0.3 is 5.32 Å². The lowest BCUT2D eigenvalue weighted by atomic mass is 10.0. The number of anilines is 1. The summed E-state index contributed by atoms with van der Waals surface area (Å²) in [7, 11) is -2.99. The maximum Gasteiger partial charge on any atom is 0.232 e. The summed E-state index contributed by atoms with van der Waals surface area (Å²) in [6, 6.07) is 3.42. The molecule has 2 atom stereocenters. The predicted octanol–water partition coefficient (Wildman–Crippen LogP) is 2.05. The summed E-state index contributed by atoms with van der Waals surface area (Å²) in [5.74, 6) is 0.422. The summed E-state index contributed by atoms with van der Waals surface area (Å²) in [5.41, 5.74) is 0.969. The number of carbonyl (C=O) groups excluding carboxylic acids is 1.